The van der Waals surface area contributed by atoms with Gasteiger partial charge >= 0.3 is 5.97 Å². The number of halogens is 1. The van der Waals surface area contributed by atoms with Crippen LogP contribution in [-0.4, -0.2) is 25.6 Å². The Labute approximate surface area is 106 Å². The smallest absolute Gasteiger partial charge is 0.352 e. The van der Waals surface area contributed by atoms with E-state index in [4.69, 9.17) is 5.11 Å². The largest absolute Gasteiger partial charge is 0.477 e. The molecule has 0 fully saturated rings. The predicted molar refractivity (Wildman–Crippen MR) is 65.0 cm³/mol. The van der Waals surface area contributed by atoms with Gasteiger partial charge in [-0.2, -0.15) is 0 Å². The van der Waals surface area contributed by atoms with Crippen LogP contribution in [0.25, 0.3) is 0 Å². The second-order valence-corrected chi connectivity index (χ2v) is 4.49. The van der Waals surface area contributed by atoms with Crippen molar-refractivity contribution in [1.29, 1.82) is 0 Å². The van der Waals surface area contributed by atoms with E-state index in [1.54, 1.807) is 36.0 Å². The Balaban J connectivity index is 2.32. The number of hydrogen-bond acceptors (Lipinski definition) is 3. The number of aromatic carboxylic acids is 1. The van der Waals surface area contributed by atoms with Crippen molar-refractivity contribution >= 4 is 21.9 Å². The summed E-state index contributed by atoms with van der Waals surface area (Å²) in [5, 5.41) is 9.04. The van der Waals surface area contributed by atoms with Gasteiger partial charge < -0.3 is 9.67 Å². The van der Waals surface area contributed by atoms with Crippen molar-refractivity contribution in [2.24, 2.45) is 0 Å². The van der Waals surface area contributed by atoms with Gasteiger partial charge in [0.05, 0.1) is 12.2 Å². The Morgan fingerprint density at radius 3 is 3.00 bits per heavy atom. The number of carboxylic acid groups (broad SMARTS) is 1. The second kappa shape index (κ2) is 4.67. The van der Waals surface area contributed by atoms with Crippen LogP contribution in [0.4, 0.5) is 0 Å². The Kier molecular flexibility index (Phi) is 3.23. The number of hydrogen-bond donors (Lipinski definition) is 1. The number of aromatic nitrogens is 3. The molecule has 1 N–H and O–H groups in total. The van der Waals surface area contributed by atoms with Gasteiger partial charge in [-0.15, -0.1) is 0 Å². The van der Waals surface area contributed by atoms with Crippen molar-refractivity contribution < 1.29 is 9.90 Å². The lowest BCUT2D eigenvalue weighted by molar-refractivity contribution is 0.0685. The molecule has 6 heteroatoms. The first kappa shape index (κ1) is 11.8. The summed E-state index contributed by atoms with van der Waals surface area (Å²) in [5.41, 5.74) is 1.01. The number of carboxylic acids is 1. The Bertz CT molecular complexity index is 566. The van der Waals surface area contributed by atoms with Crippen LogP contribution < -0.4 is 0 Å². The third-order valence-corrected chi connectivity index (χ3v) is 2.68. The van der Waals surface area contributed by atoms with E-state index < -0.39 is 5.97 Å². The molecule has 0 aliphatic rings. The van der Waals surface area contributed by atoms with Crippen LogP contribution in [-0.2, 0) is 6.54 Å². The molecule has 17 heavy (non-hydrogen) atoms. The minimum Gasteiger partial charge on any atom is -0.477 e. The molecule has 0 spiro atoms. The van der Waals surface area contributed by atoms with E-state index in [0.717, 1.165) is 10.2 Å². The van der Waals surface area contributed by atoms with Crippen LogP contribution >= 0.6 is 15.9 Å². The molecule has 0 radical (unpaired) electrons. The molecule has 2 aromatic heterocycles. The van der Waals surface area contributed by atoms with Crippen LogP contribution in [0.1, 0.15) is 22.0 Å². The first-order chi connectivity index (χ1) is 8.06. The topological polar surface area (TPSA) is 68.0 Å². The summed E-state index contributed by atoms with van der Waals surface area (Å²) in [6.45, 7) is 2.21. The fraction of sp³-hybridized carbons (Fsp3) is 0.182. The molecule has 2 heterocycles. The van der Waals surface area contributed by atoms with Gasteiger partial charge in [0.1, 0.15) is 11.5 Å². The van der Waals surface area contributed by atoms with Crippen LogP contribution in [0.5, 0.6) is 0 Å². The van der Waals surface area contributed by atoms with Gasteiger partial charge in [0.2, 0.25) is 0 Å². The zero-order valence-electron chi connectivity index (χ0n) is 9.09. The number of nitrogens with zero attached hydrogens (tertiary/aromatic N) is 3. The third kappa shape index (κ3) is 2.71. The average molecular weight is 296 g/mol. The van der Waals surface area contributed by atoms with E-state index in [1.807, 2.05) is 0 Å². The monoisotopic (exact) mass is 295 g/mol. The minimum atomic E-state index is -0.957. The summed E-state index contributed by atoms with van der Waals surface area (Å²) in [7, 11) is 0. The SMILES string of the molecule is Cc1nccc(Cn2cc(Br)cc2C(=O)O)n1. The maximum Gasteiger partial charge on any atom is 0.352 e. The van der Waals surface area contributed by atoms with Crippen molar-refractivity contribution in [2.75, 3.05) is 0 Å². The lowest BCUT2D eigenvalue weighted by Gasteiger charge is -2.05. The van der Waals surface area contributed by atoms with Gasteiger partial charge in [-0.25, -0.2) is 14.8 Å². The fourth-order valence-electron chi connectivity index (χ4n) is 1.55. The van der Waals surface area contributed by atoms with Crippen LogP contribution in [0.2, 0.25) is 0 Å². The van der Waals surface area contributed by atoms with Crippen molar-refractivity contribution in [1.82, 2.24) is 14.5 Å². The molecule has 0 aromatic carbocycles. The maximum atomic E-state index is 11.0. The molecule has 0 bridgehead atoms. The van der Waals surface area contributed by atoms with Gasteiger partial charge in [-0.05, 0) is 35.0 Å². The Hall–Kier alpha value is -1.69. The maximum absolute atomic E-state index is 11.0. The summed E-state index contributed by atoms with van der Waals surface area (Å²) >= 11 is 3.26. The third-order valence-electron chi connectivity index (χ3n) is 2.25. The summed E-state index contributed by atoms with van der Waals surface area (Å²) in [5.74, 6) is -0.285. The van der Waals surface area contributed by atoms with E-state index in [2.05, 4.69) is 25.9 Å². The van der Waals surface area contributed by atoms with Gasteiger partial charge in [-0.1, -0.05) is 0 Å². The standard InChI is InChI=1S/C11H10BrN3O2/c1-7-13-3-2-9(14-7)6-15-5-8(12)4-10(15)11(16)17/h2-5H,6H2,1H3,(H,16,17). The Morgan fingerprint density at radius 2 is 2.35 bits per heavy atom. The van der Waals surface area contributed by atoms with Gasteiger partial charge in [-0.3, -0.25) is 0 Å². The van der Waals surface area contributed by atoms with Crippen molar-refractivity contribution in [2.45, 2.75) is 13.5 Å². The highest BCUT2D eigenvalue weighted by molar-refractivity contribution is 9.10. The number of carbonyl (C=O) groups is 1. The fourth-order valence-corrected chi connectivity index (χ4v) is 2.02. The van der Waals surface area contributed by atoms with Gasteiger partial charge in [0.15, 0.2) is 0 Å². The van der Waals surface area contributed by atoms with Gasteiger partial charge in [0, 0.05) is 16.9 Å². The molecule has 0 amide bonds. The number of aryl methyl sites for hydroxylation is 1. The summed E-state index contributed by atoms with van der Waals surface area (Å²) in [6.07, 6.45) is 3.39. The molecule has 0 aliphatic heterocycles. The molecular weight excluding hydrogens is 286 g/mol. The lowest BCUT2D eigenvalue weighted by Crippen LogP contribution is -2.09. The molecule has 0 saturated carbocycles. The molecule has 88 valence electrons. The molecule has 2 rings (SSSR count). The van der Waals surface area contributed by atoms with E-state index in [9.17, 15) is 4.79 Å². The molecular formula is C11H10BrN3O2. The van der Waals surface area contributed by atoms with E-state index >= 15 is 0 Å². The number of rotatable bonds is 3. The van der Waals surface area contributed by atoms with Crippen LogP contribution in [0, 0.1) is 6.92 Å². The predicted octanol–water partition coefficient (Wildman–Crippen LogP) is 2.10. The highest BCUT2D eigenvalue weighted by Crippen LogP contribution is 2.16. The normalized spacial score (nSPS) is 10.5. The zero-order valence-corrected chi connectivity index (χ0v) is 10.7. The molecule has 0 unspecified atom stereocenters. The Morgan fingerprint density at radius 1 is 1.59 bits per heavy atom. The lowest BCUT2D eigenvalue weighted by atomic mass is 10.3. The van der Waals surface area contributed by atoms with Crippen molar-refractivity contribution in [3.8, 4) is 0 Å². The van der Waals surface area contributed by atoms with E-state index in [-0.39, 0.29) is 5.69 Å². The van der Waals surface area contributed by atoms with E-state index in [0.29, 0.717) is 12.4 Å². The van der Waals surface area contributed by atoms with Crippen molar-refractivity contribution in [3.63, 3.8) is 0 Å². The first-order valence-corrected chi connectivity index (χ1v) is 5.73. The molecule has 2 aromatic rings. The van der Waals surface area contributed by atoms with Crippen molar-refractivity contribution in [3.05, 3.63) is 46.2 Å². The summed E-state index contributed by atoms with van der Waals surface area (Å²) in [6, 6.07) is 3.34. The van der Waals surface area contributed by atoms with Gasteiger partial charge in [0.25, 0.3) is 0 Å². The summed E-state index contributed by atoms with van der Waals surface area (Å²) < 4.78 is 2.37. The molecule has 0 atom stereocenters. The quantitative estimate of drug-likeness (QED) is 0.941. The van der Waals surface area contributed by atoms with E-state index in [1.165, 1.54) is 0 Å². The van der Waals surface area contributed by atoms with Crippen LogP contribution in [0.15, 0.2) is 29.0 Å². The summed E-state index contributed by atoms with van der Waals surface area (Å²) in [4.78, 5) is 19.3. The highest BCUT2D eigenvalue weighted by Gasteiger charge is 2.12. The average Bonchev–Trinajstić information content (AvgIpc) is 2.59. The second-order valence-electron chi connectivity index (χ2n) is 3.57. The first-order valence-electron chi connectivity index (χ1n) is 4.94. The molecule has 5 nitrogen and oxygen atoms in total. The zero-order chi connectivity index (χ0) is 12.4. The van der Waals surface area contributed by atoms with Crippen LogP contribution in [0.3, 0.4) is 0 Å². The minimum absolute atomic E-state index is 0.230. The molecule has 0 saturated heterocycles. The molecule has 0 aliphatic carbocycles. The highest BCUT2D eigenvalue weighted by atomic mass is 79.9.